The largest absolute Gasteiger partial charge is 0.386 e. The van der Waals surface area contributed by atoms with Crippen molar-refractivity contribution in [2.24, 2.45) is 0 Å². The highest BCUT2D eigenvalue weighted by Gasteiger charge is 2.31. The van der Waals surface area contributed by atoms with Gasteiger partial charge in [-0.25, -0.2) is 0 Å². The van der Waals surface area contributed by atoms with E-state index in [9.17, 15) is 10.2 Å². The van der Waals surface area contributed by atoms with Crippen LogP contribution >= 0.6 is 0 Å². The maximum Gasteiger partial charge on any atom is 0.112 e. The summed E-state index contributed by atoms with van der Waals surface area (Å²) < 4.78 is 0. The summed E-state index contributed by atoms with van der Waals surface area (Å²) in [4.78, 5) is 0. The van der Waals surface area contributed by atoms with Crippen molar-refractivity contribution >= 4 is 0 Å². The van der Waals surface area contributed by atoms with Gasteiger partial charge in [-0.3, -0.25) is 0 Å². The van der Waals surface area contributed by atoms with Crippen LogP contribution in [0.4, 0.5) is 0 Å². The van der Waals surface area contributed by atoms with Gasteiger partial charge in [0.05, 0.1) is 0 Å². The van der Waals surface area contributed by atoms with Gasteiger partial charge in [0.15, 0.2) is 0 Å². The van der Waals surface area contributed by atoms with Gasteiger partial charge in [0.1, 0.15) is 11.7 Å². The summed E-state index contributed by atoms with van der Waals surface area (Å²) in [5.74, 6) is 0. The molecule has 0 saturated heterocycles. The molecule has 2 unspecified atom stereocenters. The fourth-order valence-corrected chi connectivity index (χ4v) is 3.31. The van der Waals surface area contributed by atoms with Gasteiger partial charge >= 0.3 is 0 Å². The van der Waals surface area contributed by atoms with Crippen molar-refractivity contribution < 1.29 is 10.2 Å². The first kappa shape index (κ1) is 20.4. The summed E-state index contributed by atoms with van der Waals surface area (Å²) in [7, 11) is 0. The number of allylic oxidation sites excluding steroid dienone is 2. The van der Waals surface area contributed by atoms with E-state index in [4.69, 9.17) is 0 Å². The quantitative estimate of drug-likeness (QED) is 0.404. The molecule has 0 heterocycles. The number of aliphatic hydroxyl groups excluding tert-OH is 1. The third-order valence-electron chi connectivity index (χ3n) is 4.98. The molecule has 0 aliphatic heterocycles. The molecule has 0 aromatic rings. The molecule has 2 nitrogen and oxygen atoms in total. The molecule has 0 fully saturated rings. The maximum atomic E-state index is 10.3. The zero-order valence-electron chi connectivity index (χ0n) is 15.2. The molecule has 23 heavy (non-hydrogen) atoms. The van der Waals surface area contributed by atoms with Crippen LogP contribution in [0.5, 0.6) is 0 Å². The van der Waals surface area contributed by atoms with E-state index in [-0.39, 0.29) is 0 Å². The molecule has 0 amide bonds. The van der Waals surface area contributed by atoms with Crippen LogP contribution in [-0.2, 0) is 0 Å². The minimum atomic E-state index is -1.04. The van der Waals surface area contributed by atoms with Crippen LogP contribution in [0.1, 0.15) is 96.8 Å². The molecule has 0 radical (unpaired) electrons. The Kier molecular flexibility index (Phi) is 11.4. The summed E-state index contributed by atoms with van der Waals surface area (Å²) in [6.07, 6.45) is 24.2. The van der Waals surface area contributed by atoms with Crippen LogP contribution in [0.3, 0.4) is 0 Å². The number of aliphatic hydroxyl groups is 2. The van der Waals surface area contributed by atoms with E-state index < -0.39 is 11.7 Å². The normalized spacial score (nSPS) is 23.5. The van der Waals surface area contributed by atoms with E-state index in [2.05, 4.69) is 6.92 Å². The average molecular weight is 323 g/mol. The van der Waals surface area contributed by atoms with Crippen LogP contribution in [0.15, 0.2) is 24.3 Å². The van der Waals surface area contributed by atoms with Crippen LogP contribution in [0.2, 0.25) is 0 Å². The minimum absolute atomic E-state index is 0.659. The summed E-state index contributed by atoms with van der Waals surface area (Å²) in [6.45, 7) is 2.27. The van der Waals surface area contributed by atoms with Crippen molar-refractivity contribution in [1.82, 2.24) is 0 Å². The Morgan fingerprint density at radius 2 is 1.22 bits per heavy atom. The molecule has 1 aliphatic carbocycles. The lowest BCUT2D eigenvalue weighted by molar-refractivity contribution is -0.0229. The standard InChI is InChI=1S/C21H38O2/c1-2-3-4-5-6-7-8-9-10-11-12-13-15-18-21(23)19-16-14-17-20(21)22/h14,16-17,19-20,22-23H,2-13,15,18H2,1H3. The highest BCUT2D eigenvalue weighted by atomic mass is 16.3. The third kappa shape index (κ3) is 9.32. The molecule has 1 aliphatic rings. The number of hydrogen-bond donors (Lipinski definition) is 2. The highest BCUT2D eigenvalue weighted by molar-refractivity contribution is 5.22. The summed E-state index contributed by atoms with van der Waals surface area (Å²) in [5.41, 5.74) is -1.04. The second-order valence-electron chi connectivity index (χ2n) is 7.17. The fourth-order valence-electron chi connectivity index (χ4n) is 3.31. The van der Waals surface area contributed by atoms with Gasteiger partial charge < -0.3 is 10.2 Å². The fraction of sp³-hybridized carbons (Fsp3) is 0.810. The minimum Gasteiger partial charge on any atom is -0.386 e. The second kappa shape index (κ2) is 12.8. The molecule has 0 spiro atoms. The number of rotatable bonds is 14. The highest BCUT2D eigenvalue weighted by Crippen LogP contribution is 2.25. The van der Waals surface area contributed by atoms with E-state index in [0.29, 0.717) is 6.42 Å². The molecule has 2 N–H and O–H groups in total. The topological polar surface area (TPSA) is 40.5 Å². The predicted molar refractivity (Wildman–Crippen MR) is 99.5 cm³/mol. The van der Waals surface area contributed by atoms with Crippen LogP contribution < -0.4 is 0 Å². The Morgan fingerprint density at radius 3 is 1.70 bits per heavy atom. The van der Waals surface area contributed by atoms with Gasteiger partial charge in [0, 0.05) is 0 Å². The van der Waals surface area contributed by atoms with E-state index in [0.717, 1.165) is 12.8 Å². The van der Waals surface area contributed by atoms with Gasteiger partial charge in [0.2, 0.25) is 0 Å². The summed E-state index contributed by atoms with van der Waals surface area (Å²) in [5, 5.41) is 20.2. The van der Waals surface area contributed by atoms with Gasteiger partial charge in [-0.05, 0) is 6.42 Å². The van der Waals surface area contributed by atoms with Crippen LogP contribution in [-0.4, -0.2) is 21.9 Å². The maximum absolute atomic E-state index is 10.3. The molecular weight excluding hydrogens is 284 g/mol. The molecule has 1 rings (SSSR count). The Bertz CT molecular complexity index is 335. The van der Waals surface area contributed by atoms with Gasteiger partial charge in [-0.1, -0.05) is 115 Å². The second-order valence-corrected chi connectivity index (χ2v) is 7.17. The molecule has 134 valence electrons. The van der Waals surface area contributed by atoms with Gasteiger partial charge in [-0.2, -0.15) is 0 Å². The Balaban J connectivity index is 1.85. The summed E-state index contributed by atoms with van der Waals surface area (Å²) >= 11 is 0. The van der Waals surface area contributed by atoms with Crippen molar-refractivity contribution in [3.63, 3.8) is 0 Å². The monoisotopic (exact) mass is 322 g/mol. The van der Waals surface area contributed by atoms with E-state index >= 15 is 0 Å². The molecule has 0 aromatic heterocycles. The Morgan fingerprint density at radius 1 is 0.739 bits per heavy atom. The van der Waals surface area contributed by atoms with Crippen LogP contribution in [0.25, 0.3) is 0 Å². The molecule has 2 heteroatoms. The lowest BCUT2D eigenvalue weighted by Crippen LogP contribution is -2.40. The van der Waals surface area contributed by atoms with Crippen molar-refractivity contribution in [3.05, 3.63) is 24.3 Å². The first-order valence-electron chi connectivity index (χ1n) is 9.95. The number of hydrogen-bond acceptors (Lipinski definition) is 2. The van der Waals surface area contributed by atoms with E-state index in [1.165, 1.54) is 70.6 Å². The molecule has 0 aromatic carbocycles. The van der Waals surface area contributed by atoms with E-state index in [1.807, 2.05) is 6.08 Å². The Hall–Kier alpha value is -0.600. The molecule has 2 atom stereocenters. The zero-order valence-corrected chi connectivity index (χ0v) is 15.2. The van der Waals surface area contributed by atoms with E-state index in [1.54, 1.807) is 18.2 Å². The first-order chi connectivity index (χ1) is 11.2. The van der Waals surface area contributed by atoms with Crippen molar-refractivity contribution in [2.75, 3.05) is 0 Å². The van der Waals surface area contributed by atoms with Gasteiger partial charge in [0.25, 0.3) is 0 Å². The van der Waals surface area contributed by atoms with Crippen molar-refractivity contribution in [2.45, 2.75) is 109 Å². The number of unbranched alkanes of at least 4 members (excludes halogenated alkanes) is 12. The average Bonchev–Trinajstić information content (AvgIpc) is 2.55. The van der Waals surface area contributed by atoms with Crippen LogP contribution in [0, 0.1) is 0 Å². The predicted octanol–water partition coefficient (Wildman–Crippen LogP) is 5.69. The van der Waals surface area contributed by atoms with Gasteiger partial charge in [-0.15, -0.1) is 0 Å². The lowest BCUT2D eigenvalue weighted by Gasteiger charge is -2.30. The molecule has 0 saturated carbocycles. The molecule has 0 bridgehead atoms. The van der Waals surface area contributed by atoms with Crippen molar-refractivity contribution in [3.8, 4) is 0 Å². The van der Waals surface area contributed by atoms with Crippen molar-refractivity contribution in [1.29, 1.82) is 0 Å². The zero-order chi connectivity index (χ0) is 16.8. The lowest BCUT2D eigenvalue weighted by atomic mass is 9.87. The first-order valence-corrected chi connectivity index (χ1v) is 9.95. The molecular formula is C21H38O2. The Labute approximate surface area is 143 Å². The summed E-state index contributed by atoms with van der Waals surface area (Å²) in [6, 6.07) is 0. The third-order valence-corrected chi connectivity index (χ3v) is 4.98. The smallest absolute Gasteiger partial charge is 0.112 e. The SMILES string of the molecule is CCCCCCCCCCCCCCCC1(O)C=CC=CC1O.